The molecule has 100 valence electrons. The third-order valence-corrected chi connectivity index (χ3v) is 3.82. The lowest BCUT2D eigenvalue weighted by Gasteiger charge is -2.37. The summed E-state index contributed by atoms with van der Waals surface area (Å²) in [6.45, 7) is 1.64. The van der Waals surface area contributed by atoms with Crippen LogP contribution in [0.3, 0.4) is 0 Å². The minimum absolute atomic E-state index is 0.0732. The van der Waals surface area contributed by atoms with E-state index in [1.165, 1.54) is 0 Å². The molecule has 0 aliphatic heterocycles. The van der Waals surface area contributed by atoms with Gasteiger partial charge in [0.25, 0.3) is 0 Å². The van der Waals surface area contributed by atoms with E-state index in [4.69, 9.17) is 5.11 Å². The highest BCUT2D eigenvalue weighted by atomic mass is 16.4. The normalized spacial score (nSPS) is 25.8. The standard InChI is InChI=1S/C12H23NO4/c1-2-12(7-14,8-15)13-10-5-3-4-9(6-10)11(16)17/h9-10,13-15H,2-8H2,1H3,(H,16,17). The van der Waals surface area contributed by atoms with Crippen LogP contribution in [0.25, 0.3) is 0 Å². The fourth-order valence-corrected chi connectivity index (χ4v) is 2.45. The van der Waals surface area contributed by atoms with Crippen molar-refractivity contribution in [1.82, 2.24) is 5.32 Å². The summed E-state index contributed by atoms with van der Waals surface area (Å²) in [6, 6.07) is 0.0732. The first-order valence-corrected chi connectivity index (χ1v) is 6.29. The summed E-state index contributed by atoms with van der Waals surface area (Å²) in [5.74, 6) is -1.04. The Morgan fingerprint density at radius 2 is 2.00 bits per heavy atom. The van der Waals surface area contributed by atoms with Gasteiger partial charge in [-0.25, -0.2) is 0 Å². The minimum Gasteiger partial charge on any atom is -0.481 e. The molecule has 1 aliphatic carbocycles. The van der Waals surface area contributed by atoms with Crippen LogP contribution in [-0.2, 0) is 4.79 Å². The fourth-order valence-electron chi connectivity index (χ4n) is 2.45. The Hall–Kier alpha value is -0.650. The van der Waals surface area contributed by atoms with Crippen molar-refractivity contribution in [2.75, 3.05) is 13.2 Å². The highest BCUT2D eigenvalue weighted by Gasteiger charge is 2.33. The zero-order valence-corrected chi connectivity index (χ0v) is 10.4. The second-order valence-corrected chi connectivity index (χ2v) is 4.99. The van der Waals surface area contributed by atoms with Crippen LogP contribution in [0.4, 0.5) is 0 Å². The van der Waals surface area contributed by atoms with Crippen molar-refractivity contribution >= 4 is 5.97 Å². The highest BCUT2D eigenvalue weighted by molar-refractivity contribution is 5.70. The molecule has 0 aromatic rings. The van der Waals surface area contributed by atoms with Crippen molar-refractivity contribution in [3.63, 3.8) is 0 Å². The second-order valence-electron chi connectivity index (χ2n) is 4.99. The molecule has 1 fully saturated rings. The molecule has 1 aliphatic rings. The van der Waals surface area contributed by atoms with E-state index in [0.717, 1.165) is 19.3 Å². The first-order valence-electron chi connectivity index (χ1n) is 6.29. The van der Waals surface area contributed by atoms with Crippen LogP contribution in [0.1, 0.15) is 39.0 Å². The molecule has 5 nitrogen and oxygen atoms in total. The first-order chi connectivity index (χ1) is 8.06. The third kappa shape index (κ3) is 3.66. The molecule has 0 aromatic heterocycles. The summed E-state index contributed by atoms with van der Waals surface area (Å²) >= 11 is 0. The Morgan fingerprint density at radius 3 is 2.47 bits per heavy atom. The zero-order chi connectivity index (χ0) is 12.9. The van der Waals surface area contributed by atoms with Crippen LogP contribution >= 0.6 is 0 Å². The summed E-state index contributed by atoms with van der Waals surface area (Å²) < 4.78 is 0. The number of aliphatic hydroxyl groups excluding tert-OH is 2. The SMILES string of the molecule is CCC(CO)(CO)NC1CCCC(C(=O)O)C1. The Kier molecular flexibility index (Phi) is 5.36. The lowest BCUT2D eigenvalue weighted by Crippen LogP contribution is -2.56. The van der Waals surface area contributed by atoms with E-state index in [0.29, 0.717) is 12.8 Å². The van der Waals surface area contributed by atoms with Crippen molar-refractivity contribution in [3.05, 3.63) is 0 Å². The molecule has 0 bridgehead atoms. The molecule has 17 heavy (non-hydrogen) atoms. The lowest BCUT2D eigenvalue weighted by atomic mass is 9.84. The van der Waals surface area contributed by atoms with Crippen LogP contribution in [-0.4, -0.2) is 46.1 Å². The third-order valence-electron chi connectivity index (χ3n) is 3.82. The molecule has 0 heterocycles. The summed E-state index contributed by atoms with van der Waals surface area (Å²) in [7, 11) is 0. The number of carboxylic acids is 1. The molecule has 1 rings (SSSR count). The first kappa shape index (κ1) is 14.4. The Balaban J connectivity index is 2.58. The maximum atomic E-state index is 10.9. The molecule has 2 unspecified atom stereocenters. The van der Waals surface area contributed by atoms with E-state index >= 15 is 0 Å². The van der Waals surface area contributed by atoms with Gasteiger partial charge >= 0.3 is 5.97 Å². The average molecular weight is 245 g/mol. The van der Waals surface area contributed by atoms with Crippen LogP contribution in [0.5, 0.6) is 0 Å². The van der Waals surface area contributed by atoms with E-state index < -0.39 is 11.5 Å². The van der Waals surface area contributed by atoms with Gasteiger partial charge in [-0.2, -0.15) is 0 Å². The number of nitrogens with one attached hydrogen (secondary N) is 1. The summed E-state index contributed by atoms with van der Waals surface area (Å²) in [6.07, 6.45) is 3.72. The number of carbonyl (C=O) groups is 1. The van der Waals surface area contributed by atoms with Gasteiger partial charge in [-0.15, -0.1) is 0 Å². The maximum Gasteiger partial charge on any atom is 0.306 e. The van der Waals surface area contributed by atoms with E-state index in [1.54, 1.807) is 0 Å². The smallest absolute Gasteiger partial charge is 0.306 e. The maximum absolute atomic E-state index is 10.9. The summed E-state index contributed by atoms with van der Waals surface area (Å²) in [5, 5.41) is 30.9. The van der Waals surface area contributed by atoms with Crippen LogP contribution in [0.2, 0.25) is 0 Å². The molecule has 0 saturated heterocycles. The molecule has 0 aromatic carbocycles. The van der Waals surface area contributed by atoms with Crippen LogP contribution < -0.4 is 5.32 Å². The number of hydrogen-bond donors (Lipinski definition) is 4. The predicted molar refractivity (Wildman–Crippen MR) is 63.7 cm³/mol. The summed E-state index contributed by atoms with van der Waals surface area (Å²) in [4.78, 5) is 10.9. The van der Waals surface area contributed by atoms with Crippen molar-refractivity contribution in [1.29, 1.82) is 0 Å². The van der Waals surface area contributed by atoms with Gasteiger partial charge in [0.1, 0.15) is 0 Å². The van der Waals surface area contributed by atoms with Gasteiger partial charge < -0.3 is 20.6 Å². The molecular formula is C12H23NO4. The molecule has 0 radical (unpaired) electrons. The van der Waals surface area contributed by atoms with Crippen molar-refractivity contribution in [2.45, 2.75) is 50.6 Å². The Labute approximate surface area is 102 Å². The van der Waals surface area contributed by atoms with Crippen molar-refractivity contribution < 1.29 is 20.1 Å². The van der Waals surface area contributed by atoms with E-state index in [1.807, 2.05) is 6.92 Å². The summed E-state index contributed by atoms with van der Waals surface area (Å²) in [5.41, 5.74) is -0.676. The number of rotatable bonds is 6. The largest absolute Gasteiger partial charge is 0.481 e. The topological polar surface area (TPSA) is 89.8 Å². The predicted octanol–water partition coefficient (Wildman–Crippen LogP) is 0.353. The monoisotopic (exact) mass is 245 g/mol. The van der Waals surface area contributed by atoms with Gasteiger partial charge in [-0.05, 0) is 25.7 Å². The number of carboxylic acid groups (broad SMARTS) is 1. The average Bonchev–Trinajstić information content (AvgIpc) is 2.36. The van der Waals surface area contributed by atoms with Crippen LogP contribution in [0, 0.1) is 5.92 Å². The second kappa shape index (κ2) is 6.33. The van der Waals surface area contributed by atoms with Gasteiger partial charge in [0, 0.05) is 6.04 Å². The van der Waals surface area contributed by atoms with E-state index in [2.05, 4.69) is 5.32 Å². The van der Waals surface area contributed by atoms with Gasteiger partial charge in [0.05, 0.1) is 24.7 Å². The molecule has 5 heteroatoms. The molecular weight excluding hydrogens is 222 g/mol. The minimum atomic E-state index is -0.744. The Bertz CT molecular complexity index is 245. The number of aliphatic hydroxyl groups is 2. The number of aliphatic carboxylic acids is 1. The molecule has 4 N–H and O–H groups in total. The lowest BCUT2D eigenvalue weighted by molar-refractivity contribution is -0.143. The molecule has 2 atom stereocenters. The highest BCUT2D eigenvalue weighted by Crippen LogP contribution is 2.26. The van der Waals surface area contributed by atoms with Gasteiger partial charge in [0.15, 0.2) is 0 Å². The van der Waals surface area contributed by atoms with Crippen molar-refractivity contribution in [3.8, 4) is 0 Å². The fraction of sp³-hybridized carbons (Fsp3) is 0.917. The van der Waals surface area contributed by atoms with E-state index in [-0.39, 0.29) is 25.2 Å². The van der Waals surface area contributed by atoms with Crippen LogP contribution in [0.15, 0.2) is 0 Å². The van der Waals surface area contributed by atoms with Gasteiger partial charge in [0.2, 0.25) is 0 Å². The zero-order valence-electron chi connectivity index (χ0n) is 10.4. The van der Waals surface area contributed by atoms with Crippen molar-refractivity contribution in [2.24, 2.45) is 5.92 Å². The number of hydrogen-bond acceptors (Lipinski definition) is 4. The molecule has 0 spiro atoms. The van der Waals surface area contributed by atoms with Gasteiger partial charge in [-0.3, -0.25) is 4.79 Å². The van der Waals surface area contributed by atoms with Gasteiger partial charge in [-0.1, -0.05) is 13.3 Å². The quantitative estimate of drug-likeness (QED) is 0.542. The van der Waals surface area contributed by atoms with E-state index in [9.17, 15) is 15.0 Å². The molecule has 1 saturated carbocycles. The Morgan fingerprint density at radius 1 is 1.35 bits per heavy atom. The molecule has 0 amide bonds.